The lowest BCUT2D eigenvalue weighted by Gasteiger charge is -2.21. The van der Waals surface area contributed by atoms with E-state index in [4.69, 9.17) is 37.0 Å². The van der Waals surface area contributed by atoms with Gasteiger partial charge in [0.1, 0.15) is 19.3 Å². The number of hydrogen-bond donors (Lipinski definition) is 3. The van der Waals surface area contributed by atoms with Crippen molar-refractivity contribution < 1.29 is 80.2 Å². The Morgan fingerprint density at radius 2 is 0.500 bits per heavy atom. The summed E-state index contributed by atoms with van der Waals surface area (Å²) in [4.78, 5) is 73.1. The third-order valence-electron chi connectivity index (χ3n) is 19.7. The first-order chi connectivity index (χ1) is 49.3. The zero-order valence-electron chi connectivity index (χ0n) is 67.1. The SMILES string of the molecule is CCCCCCCCCCCCCCCCCC(=O)OC[C@H](COP(=O)(O)OC[C@@H](O)COP(=O)(O)OC[C@@H](COC(=O)CCCCCCCCCCC(C)CC)OC(=O)CCCCCCCCCCCCCC(C)C)OC(=O)CCCCCCCCCCCCCCCCCCCCC(C)C. The first-order valence-electron chi connectivity index (χ1n) is 42.9. The summed E-state index contributed by atoms with van der Waals surface area (Å²) < 4.78 is 68.8. The second kappa shape index (κ2) is 73.2. The Kier molecular flexibility index (Phi) is 71.8. The molecule has 0 radical (unpaired) electrons. The number of esters is 4. The minimum Gasteiger partial charge on any atom is -0.462 e. The maximum Gasteiger partial charge on any atom is 0.472 e. The van der Waals surface area contributed by atoms with E-state index < -0.39 is 97.5 Å². The van der Waals surface area contributed by atoms with E-state index in [9.17, 15) is 43.2 Å². The lowest BCUT2D eigenvalue weighted by atomic mass is 9.99. The molecule has 3 unspecified atom stereocenters. The number of unbranched alkanes of at least 4 members (excludes halogenated alkanes) is 48. The van der Waals surface area contributed by atoms with Crippen molar-refractivity contribution in [3.05, 3.63) is 0 Å². The molecule has 0 aliphatic carbocycles. The molecule has 19 heteroatoms. The van der Waals surface area contributed by atoms with Gasteiger partial charge in [-0.25, -0.2) is 9.13 Å². The van der Waals surface area contributed by atoms with Gasteiger partial charge in [-0.2, -0.15) is 0 Å². The van der Waals surface area contributed by atoms with E-state index in [1.165, 1.54) is 244 Å². The summed E-state index contributed by atoms with van der Waals surface area (Å²) in [5.41, 5.74) is 0. The minimum atomic E-state index is -4.96. The van der Waals surface area contributed by atoms with Gasteiger partial charge in [-0.1, -0.05) is 382 Å². The van der Waals surface area contributed by atoms with Crippen molar-refractivity contribution in [1.29, 1.82) is 0 Å². The molecule has 0 heterocycles. The van der Waals surface area contributed by atoms with Crippen molar-refractivity contribution in [3.63, 3.8) is 0 Å². The molecule has 3 N–H and O–H groups in total. The number of aliphatic hydroxyl groups is 1. The largest absolute Gasteiger partial charge is 0.472 e. The van der Waals surface area contributed by atoms with Gasteiger partial charge in [0.05, 0.1) is 26.4 Å². The number of rotatable bonds is 81. The van der Waals surface area contributed by atoms with Crippen molar-refractivity contribution in [2.45, 2.75) is 452 Å². The maximum atomic E-state index is 13.1. The number of carbonyl (C=O) groups excluding carboxylic acids is 4. The number of phosphoric ester groups is 2. The lowest BCUT2D eigenvalue weighted by molar-refractivity contribution is -0.161. The standard InChI is InChI=1S/C83H162O17P2/c1-8-10-11-12-13-14-15-16-21-25-30-35-43-50-57-64-80(85)93-70-78(99-82(87)66-59-52-45-36-31-26-23-20-18-17-19-22-24-28-33-40-47-54-61-74(3)4)72-97-101(89,90)95-68-77(84)69-96-102(91,92)98-73-79(71-94-81(86)65-58-51-44-39-38-42-49-56-63-76(7)9-2)100-83(88)67-60-53-46-37-32-27-29-34-41-48-55-62-75(5)6/h74-79,84H,8-73H2,1-7H3,(H,89,90)(H,91,92)/t76?,77-,78-,79-/m1/s1. The molecule has 17 nitrogen and oxygen atoms in total. The second-order valence-electron chi connectivity index (χ2n) is 31.1. The lowest BCUT2D eigenvalue weighted by Crippen LogP contribution is -2.30. The molecule has 0 saturated carbocycles. The van der Waals surface area contributed by atoms with Crippen LogP contribution in [0.1, 0.15) is 434 Å². The summed E-state index contributed by atoms with van der Waals surface area (Å²) in [6, 6.07) is 0. The first kappa shape index (κ1) is 100. The van der Waals surface area contributed by atoms with Crippen LogP contribution in [0.2, 0.25) is 0 Å². The average molecular weight is 1490 g/mol. The quantitative estimate of drug-likeness (QED) is 0.0222. The molecule has 0 aromatic rings. The normalized spacial score (nSPS) is 14.2. The zero-order chi connectivity index (χ0) is 75.1. The Bertz CT molecular complexity index is 1980. The summed E-state index contributed by atoms with van der Waals surface area (Å²) in [6.45, 7) is 12.0. The van der Waals surface area contributed by atoms with E-state index in [1.807, 2.05) is 0 Å². The van der Waals surface area contributed by atoms with Crippen LogP contribution in [0, 0.1) is 17.8 Å². The van der Waals surface area contributed by atoms with E-state index in [0.717, 1.165) is 108 Å². The zero-order valence-corrected chi connectivity index (χ0v) is 68.9. The van der Waals surface area contributed by atoms with Gasteiger partial charge >= 0.3 is 39.5 Å². The molecule has 6 atom stereocenters. The first-order valence-corrected chi connectivity index (χ1v) is 45.9. The van der Waals surface area contributed by atoms with E-state index in [1.54, 1.807) is 0 Å². The molecule has 102 heavy (non-hydrogen) atoms. The van der Waals surface area contributed by atoms with Crippen molar-refractivity contribution >= 4 is 39.5 Å². The van der Waals surface area contributed by atoms with E-state index in [-0.39, 0.29) is 25.7 Å². The Labute approximate surface area is 626 Å². The topological polar surface area (TPSA) is 237 Å². The Morgan fingerprint density at radius 3 is 0.745 bits per heavy atom. The van der Waals surface area contributed by atoms with Gasteiger partial charge < -0.3 is 33.8 Å². The fourth-order valence-electron chi connectivity index (χ4n) is 12.8. The molecule has 0 aromatic carbocycles. The molecule has 0 saturated heterocycles. The van der Waals surface area contributed by atoms with Gasteiger partial charge in [0, 0.05) is 25.7 Å². The summed E-state index contributed by atoms with van der Waals surface area (Å²) >= 11 is 0. The van der Waals surface area contributed by atoms with Crippen molar-refractivity contribution in [1.82, 2.24) is 0 Å². The fraction of sp³-hybridized carbons (Fsp3) is 0.952. The van der Waals surface area contributed by atoms with Gasteiger partial charge in [0.25, 0.3) is 0 Å². The molecular formula is C83H162O17P2. The van der Waals surface area contributed by atoms with Crippen LogP contribution >= 0.6 is 15.6 Å². The molecule has 0 aliphatic rings. The molecule has 0 rings (SSSR count). The number of ether oxygens (including phenoxy) is 4. The van der Waals surface area contributed by atoms with Gasteiger partial charge in [0.2, 0.25) is 0 Å². The van der Waals surface area contributed by atoms with Gasteiger partial charge in [0.15, 0.2) is 12.2 Å². The summed E-state index contributed by atoms with van der Waals surface area (Å²) in [6.07, 6.45) is 62.4. The highest BCUT2D eigenvalue weighted by molar-refractivity contribution is 7.47. The second-order valence-corrected chi connectivity index (χ2v) is 34.0. The van der Waals surface area contributed by atoms with E-state index >= 15 is 0 Å². The van der Waals surface area contributed by atoms with Crippen LogP contribution in [0.15, 0.2) is 0 Å². The molecule has 606 valence electrons. The summed E-state index contributed by atoms with van der Waals surface area (Å²) in [5.74, 6) is 0.255. The average Bonchev–Trinajstić information content (AvgIpc) is 0.952. The van der Waals surface area contributed by atoms with E-state index in [2.05, 4.69) is 48.5 Å². The van der Waals surface area contributed by atoms with Crippen LogP contribution in [0.3, 0.4) is 0 Å². The van der Waals surface area contributed by atoms with Crippen LogP contribution in [0.4, 0.5) is 0 Å². The van der Waals surface area contributed by atoms with Crippen LogP contribution in [0.5, 0.6) is 0 Å². The van der Waals surface area contributed by atoms with Gasteiger partial charge in [-0.15, -0.1) is 0 Å². The molecule has 0 fully saturated rings. The third-order valence-corrected chi connectivity index (χ3v) is 21.6. The number of aliphatic hydroxyl groups excluding tert-OH is 1. The molecule has 0 aliphatic heterocycles. The van der Waals surface area contributed by atoms with Crippen molar-refractivity contribution in [2.75, 3.05) is 39.6 Å². The summed E-state index contributed by atoms with van der Waals surface area (Å²) in [5, 5.41) is 10.7. The molecular weight excluding hydrogens is 1330 g/mol. The predicted molar refractivity (Wildman–Crippen MR) is 418 cm³/mol. The van der Waals surface area contributed by atoms with Crippen molar-refractivity contribution in [2.24, 2.45) is 17.8 Å². The fourth-order valence-corrected chi connectivity index (χ4v) is 14.4. The van der Waals surface area contributed by atoms with Crippen molar-refractivity contribution in [3.8, 4) is 0 Å². The molecule has 0 amide bonds. The van der Waals surface area contributed by atoms with Crippen LogP contribution < -0.4 is 0 Å². The van der Waals surface area contributed by atoms with Gasteiger partial charge in [-0.05, 0) is 43.4 Å². The Balaban J connectivity index is 5.25. The molecule has 0 aromatic heterocycles. The Hall–Kier alpha value is -1.94. The third kappa shape index (κ3) is 74.9. The van der Waals surface area contributed by atoms with Crippen LogP contribution in [0.25, 0.3) is 0 Å². The molecule has 0 spiro atoms. The highest BCUT2D eigenvalue weighted by atomic mass is 31.2. The number of phosphoric acid groups is 2. The highest BCUT2D eigenvalue weighted by Gasteiger charge is 2.30. The highest BCUT2D eigenvalue weighted by Crippen LogP contribution is 2.45. The van der Waals surface area contributed by atoms with Crippen LogP contribution in [-0.4, -0.2) is 96.7 Å². The number of hydrogen-bond acceptors (Lipinski definition) is 15. The minimum absolute atomic E-state index is 0.106. The molecule has 0 bridgehead atoms. The van der Waals surface area contributed by atoms with E-state index in [0.29, 0.717) is 25.7 Å². The monoisotopic (exact) mass is 1490 g/mol. The summed E-state index contributed by atoms with van der Waals surface area (Å²) in [7, 11) is -9.92. The Morgan fingerprint density at radius 1 is 0.284 bits per heavy atom. The smallest absolute Gasteiger partial charge is 0.462 e. The predicted octanol–water partition coefficient (Wildman–Crippen LogP) is 24.9. The van der Waals surface area contributed by atoms with Crippen LogP contribution in [-0.2, 0) is 65.4 Å². The maximum absolute atomic E-state index is 13.1. The number of carbonyl (C=O) groups is 4. The van der Waals surface area contributed by atoms with Gasteiger partial charge in [-0.3, -0.25) is 37.3 Å².